The van der Waals surface area contributed by atoms with Gasteiger partial charge >= 0.3 is 0 Å². The minimum atomic E-state index is -0.175. The number of aliphatic hydroxyl groups is 1. The summed E-state index contributed by atoms with van der Waals surface area (Å²) in [5.41, 5.74) is 4.52. The standard InChI is InChI=1S/C27H39NO2/c1-24(2)22-7-6-21-20(25(22,3)11-10-23(24)30)9-13-26(4)19(8-12-27(21,26)5)17-14-18(16-29)28-15-17/h6,14-16,19-20,22-23,28,30H,7-13H2,1-5H3/t19-,20-,22?,23+,25+,26-,27+/m0/s1. The number of carbonyl (C=O) groups is 1. The first-order valence-electron chi connectivity index (χ1n) is 12.1. The van der Waals surface area contributed by atoms with Crippen molar-refractivity contribution in [1.82, 2.24) is 4.98 Å². The summed E-state index contributed by atoms with van der Waals surface area (Å²) >= 11 is 0. The Morgan fingerprint density at radius 1 is 1.03 bits per heavy atom. The Kier molecular flexibility index (Phi) is 4.34. The zero-order valence-corrected chi connectivity index (χ0v) is 19.4. The van der Waals surface area contributed by atoms with E-state index in [1.165, 1.54) is 31.2 Å². The van der Waals surface area contributed by atoms with Gasteiger partial charge in [-0.1, -0.05) is 46.3 Å². The number of fused-ring (bicyclic) bond motifs is 5. The van der Waals surface area contributed by atoms with E-state index in [0.29, 0.717) is 28.9 Å². The molecule has 3 saturated carbocycles. The Labute approximate surface area is 181 Å². The molecule has 4 aliphatic carbocycles. The van der Waals surface area contributed by atoms with Crippen LogP contribution in [0.1, 0.15) is 102 Å². The van der Waals surface area contributed by atoms with Crippen LogP contribution in [0.25, 0.3) is 0 Å². The van der Waals surface area contributed by atoms with Gasteiger partial charge in [-0.2, -0.15) is 0 Å². The third-order valence-electron chi connectivity index (χ3n) is 11.1. The van der Waals surface area contributed by atoms with Gasteiger partial charge in [0.2, 0.25) is 0 Å². The van der Waals surface area contributed by atoms with E-state index in [1.807, 2.05) is 0 Å². The molecule has 0 aliphatic heterocycles. The maximum atomic E-state index is 11.2. The third kappa shape index (κ3) is 2.39. The van der Waals surface area contributed by atoms with E-state index >= 15 is 0 Å². The fourth-order valence-corrected chi connectivity index (χ4v) is 8.93. The van der Waals surface area contributed by atoms with E-state index in [4.69, 9.17) is 0 Å². The zero-order valence-electron chi connectivity index (χ0n) is 19.4. The summed E-state index contributed by atoms with van der Waals surface area (Å²) < 4.78 is 0. The Morgan fingerprint density at radius 3 is 2.47 bits per heavy atom. The second kappa shape index (κ2) is 6.34. The number of carbonyl (C=O) groups excluding carboxylic acids is 1. The molecule has 3 fully saturated rings. The molecule has 4 aliphatic rings. The van der Waals surface area contributed by atoms with Gasteiger partial charge in [-0.25, -0.2) is 0 Å². The fraction of sp³-hybridized carbons (Fsp3) is 0.741. The van der Waals surface area contributed by atoms with Crippen LogP contribution in [0.4, 0.5) is 0 Å². The number of allylic oxidation sites excluding steroid dienone is 2. The number of nitrogens with one attached hydrogen (secondary N) is 1. The number of H-pyrrole nitrogens is 1. The molecule has 3 heteroatoms. The van der Waals surface area contributed by atoms with Gasteiger partial charge in [0.15, 0.2) is 6.29 Å². The van der Waals surface area contributed by atoms with Gasteiger partial charge in [0.25, 0.3) is 0 Å². The van der Waals surface area contributed by atoms with E-state index in [-0.39, 0.29) is 22.3 Å². The monoisotopic (exact) mass is 409 g/mol. The van der Waals surface area contributed by atoms with E-state index in [0.717, 1.165) is 25.5 Å². The summed E-state index contributed by atoms with van der Waals surface area (Å²) in [6.45, 7) is 12.2. The van der Waals surface area contributed by atoms with Crippen molar-refractivity contribution in [1.29, 1.82) is 0 Å². The number of aromatic amines is 1. The lowest BCUT2D eigenvalue weighted by Crippen LogP contribution is -2.57. The molecule has 1 aromatic heterocycles. The quantitative estimate of drug-likeness (QED) is 0.447. The van der Waals surface area contributed by atoms with E-state index in [9.17, 15) is 9.90 Å². The van der Waals surface area contributed by atoms with Crippen LogP contribution in [0.5, 0.6) is 0 Å². The van der Waals surface area contributed by atoms with Crippen LogP contribution >= 0.6 is 0 Å². The van der Waals surface area contributed by atoms with E-state index in [1.54, 1.807) is 5.57 Å². The van der Waals surface area contributed by atoms with Crippen molar-refractivity contribution in [2.24, 2.45) is 33.5 Å². The number of aldehydes is 1. The van der Waals surface area contributed by atoms with Crippen molar-refractivity contribution in [2.45, 2.75) is 91.6 Å². The summed E-state index contributed by atoms with van der Waals surface area (Å²) in [7, 11) is 0. The average molecular weight is 410 g/mol. The van der Waals surface area contributed by atoms with Crippen molar-refractivity contribution in [3.05, 3.63) is 35.2 Å². The molecule has 0 spiro atoms. The first-order chi connectivity index (χ1) is 14.1. The average Bonchev–Trinajstić information content (AvgIpc) is 3.27. The van der Waals surface area contributed by atoms with Crippen molar-refractivity contribution in [3.63, 3.8) is 0 Å². The SMILES string of the molecule is CC1(C)C2CC=C3[C@H](CC[C@@]4(C)[C@H](c5c[nH]c(C=O)c5)CC[C@]34C)[C@@]2(C)CC[C@H]1O. The molecular formula is C27H39NO2. The topological polar surface area (TPSA) is 53.1 Å². The molecule has 0 radical (unpaired) electrons. The highest BCUT2D eigenvalue weighted by Gasteiger charge is 2.65. The first kappa shape index (κ1) is 20.5. The number of aromatic nitrogens is 1. The summed E-state index contributed by atoms with van der Waals surface area (Å²) in [6, 6.07) is 2.08. The van der Waals surface area contributed by atoms with Crippen LogP contribution < -0.4 is 0 Å². The van der Waals surface area contributed by atoms with E-state index in [2.05, 4.69) is 57.9 Å². The molecule has 5 rings (SSSR count). The molecule has 1 aromatic rings. The van der Waals surface area contributed by atoms with Crippen LogP contribution in [-0.2, 0) is 0 Å². The van der Waals surface area contributed by atoms with Crippen LogP contribution in [-0.4, -0.2) is 22.5 Å². The van der Waals surface area contributed by atoms with Crippen molar-refractivity contribution in [3.8, 4) is 0 Å². The van der Waals surface area contributed by atoms with Crippen LogP contribution in [0.15, 0.2) is 23.9 Å². The van der Waals surface area contributed by atoms with Gasteiger partial charge in [0.1, 0.15) is 0 Å². The molecule has 7 atom stereocenters. The van der Waals surface area contributed by atoms with Crippen LogP contribution in [0.2, 0.25) is 0 Å². The minimum Gasteiger partial charge on any atom is -0.393 e. The lowest BCUT2D eigenvalue weighted by atomic mass is 9.41. The van der Waals surface area contributed by atoms with Gasteiger partial charge in [-0.05, 0) is 96.0 Å². The third-order valence-corrected chi connectivity index (χ3v) is 11.1. The summed E-state index contributed by atoms with van der Waals surface area (Å²) in [5.74, 6) is 1.73. The normalized spacial score (nSPS) is 47.1. The Balaban J connectivity index is 1.54. The molecule has 1 unspecified atom stereocenters. The number of hydrogen-bond acceptors (Lipinski definition) is 2. The fourth-order valence-electron chi connectivity index (χ4n) is 8.93. The number of hydrogen-bond donors (Lipinski definition) is 2. The van der Waals surface area contributed by atoms with E-state index < -0.39 is 0 Å². The van der Waals surface area contributed by atoms with Crippen LogP contribution in [0, 0.1) is 33.5 Å². The molecule has 0 saturated heterocycles. The highest BCUT2D eigenvalue weighted by Crippen LogP contribution is 2.73. The Morgan fingerprint density at radius 2 is 1.77 bits per heavy atom. The van der Waals surface area contributed by atoms with Gasteiger partial charge < -0.3 is 10.1 Å². The number of rotatable bonds is 2. The second-order valence-corrected chi connectivity index (χ2v) is 12.3. The Bertz CT molecular complexity index is 896. The highest BCUT2D eigenvalue weighted by molar-refractivity contribution is 5.72. The predicted molar refractivity (Wildman–Crippen MR) is 120 cm³/mol. The molecular weight excluding hydrogens is 370 g/mol. The zero-order chi connectivity index (χ0) is 21.5. The van der Waals surface area contributed by atoms with Crippen LogP contribution in [0.3, 0.4) is 0 Å². The largest absolute Gasteiger partial charge is 0.393 e. The molecule has 0 amide bonds. The van der Waals surface area contributed by atoms with Gasteiger partial charge in [-0.3, -0.25) is 4.79 Å². The molecule has 2 N–H and O–H groups in total. The lowest BCUT2D eigenvalue weighted by molar-refractivity contribution is -0.129. The molecule has 3 nitrogen and oxygen atoms in total. The molecule has 1 heterocycles. The van der Waals surface area contributed by atoms with Gasteiger partial charge in [-0.15, -0.1) is 0 Å². The smallest absolute Gasteiger partial charge is 0.166 e. The maximum absolute atomic E-state index is 11.2. The summed E-state index contributed by atoms with van der Waals surface area (Å²) in [6.07, 6.45) is 13.6. The highest BCUT2D eigenvalue weighted by atomic mass is 16.3. The van der Waals surface area contributed by atoms with Crippen molar-refractivity contribution < 1.29 is 9.90 Å². The predicted octanol–water partition coefficient (Wildman–Crippen LogP) is 6.26. The van der Waals surface area contributed by atoms with Crippen molar-refractivity contribution in [2.75, 3.05) is 0 Å². The summed E-state index contributed by atoms with van der Waals surface area (Å²) in [4.78, 5) is 14.4. The van der Waals surface area contributed by atoms with Gasteiger partial charge in [0.05, 0.1) is 11.8 Å². The second-order valence-electron chi connectivity index (χ2n) is 12.3. The molecule has 0 aromatic carbocycles. The Hall–Kier alpha value is -1.35. The molecule has 0 bridgehead atoms. The van der Waals surface area contributed by atoms with Crippen molar-refractivity contribution >= 4 is 6.29 Å². The lowest BCUT2D eigenvalue weighted by Gasteiger charge is -2.64. The summed E-state index contributed by atoms with van der Waals surface area (Å²) in [5, 5.41) is 10.8. The maximum Gasteiger partial charge on any atom is 0.166 e. The van der Waals surface area contributed by atoms with Gasteiger partial charge in [0, 0.05) is 6.20 Å². The molecule has 164 valence electrons. The molecule has 30 heavy (non-hydrogen) atoms. The minimum absolute atomic E-state index is 0.00868. The first-order valence-corrected chi connectivity index (χ1v) is 12.1. The number of aliphatic hydroxyl groups excluding tert-OH is 1.